The highest BCUT2D eigenvalue weighted by Gasteiger charge is 2.46. The fourth-order valence-electron chi connectivity index (χ4n) is 7.34. The highest BCUT2D eigenvalue weighted by molar-refractivity contribution is 6.31. The van der Waals surface area contributed by atoms with E-state index >= 15 is 0 Å². The summed E-state index contributed by atoms with van der Waals surface area (Å²) in [5.74, 6) is -1.37. The first-order valence-electron chi connectivity index (χ1n) is 19.1. The molecule has 0 aliphatic carbocycles. The zero-order valence-electron chi connectivity index (χ0n) is 32.6. The van der Waals surface area contributed by atoms with Crippen molar-refractivity contribution < 1.29 is 38.1 Å². The van der Waals surface area contributed by atoms with Gasteiger partial charge < -0.3 is 28.7 Å². The van der Waals surface area contributed by atoms with Crippen LogP contribution in [0.4, 0.5) is 0 Å². The minimum atomic E-state index is -0.714. The third-order valence-electron chi connectivity index (χ3n) is 9.86. The molecule has 2 fully saturated rings. The summed E-state index contributed by atoms with van der Waals surface area (Å²) in [7, 11) is 0. The van der Waals surface area contributed by atoms with Crippen LogP contribution in [0.5, 0.6) is 0 Å². The number of benzene rings is 4. The lowest BCUT2D eigenvalue weighted by Crippen LogP contribution is -2.53. The number of carbonyl (C=O) groups is 4. The summed E-state index contributed by atoms with van der Waals surface area (Å²) in [6, 6.07) is 26.6. The normalized spacial score (nSPS) is 20.4. The van der Waals surface area contributed by atoms with E-state index in [-0.39, 0.29) is 38.2 Å². The van der Waals surface area contributed by atoms with Crippen LogP contribution >= 0.6 is 46.4 Å². The Morgan fingerprint density at radius 2 is 0.931 bits per heavy atom. The number of ether oxygens (including phenoxy) is 4. The molecular formula is C44H46Cl4N2O8. The zero-order valence-corrected chi connectivity index (χ0v) is 35.6. The second kappa shape index (κ2) is 21.2. The molecule has 58 heavy (non-hydrogen) atoms. The molecule has 2 heterocycles. The molecule has 6 atom stereocenters. The first kappa shape index (κ1) is 44.9. The molecule has 0 unspecified atom stereocenters. The van der Waals surface area contributed by atoms with Crippen molar-refractivity contribution in [3.63, 3.8) is 0 Å². The van der Waals surface area contributed by atoms with Crippen molar-refractivity contribution in [1.82, 2.24) is 9.80 Å². The summed E-state index contributed by atoms with van der Waals surface area (Å²) in [6.45, 7) is 7.45. The van der Waals surface area contributed by atoms with Crippen LogP contribution in [0.1, 0.15) is 87.1 Å². The van der Waals surface area contributed by atoms with E-state index in [9.17, 15) is 19.2 Å². The first-order valence-corrected chi connectivity index (χ1v) is 20.6. The van der Waals surface area contributed by atoms with Gasteiger partial charge in [-0.3, -0.25) is 9.59 Å². The number of esters is 2. The van der Waals surface area contributed by atoms with Crippen LogP contribution in [-0.2, 0) is 38.1 Å². The van der Waals surface area contributed by atoms with Gasteiger partial charge in [0.1, 0.15) is 37.5 Å². The van der Waals surface area contributed by atoms with Gasteiger partial charge in [0.05, 0.1) is 25.3 Å². The summed E-state index contributed by atoms with van der Waals surface area (Å²) < 4.78 is 22.4. The van der Waals surface area contributed by atoms with Crippen LogP contribution in [0.3, 0.4) is 0 Å². The average molecular weight is 873 g/mol. The monoisotopic (exact) mass is 870 g/mol. The largest absolute Gasteiger partial charge is 0.464 e. The van der Waals surface area contributed by atoms with Crippen molar-refractivity contribution in [3.8, 4) is 0 Å². The van der Waals surface area contributed by atoms with E-state index in [1.807, 2.05) is 74.5 Å². The van der Waals surface area contributed by atoms with Gasteiger partial charge >= 0.3 is 11.9 Å². The number of hydrogen-bond acceptors (Lipinski definition) is 8. The van der Waals surface area contributed by atoms with Gasteiger partial charge in [-0.1, -0.05) is 109 Å². The van der Waals surface area contributed by atoms with Crippen molar-refractivity contribution in [2.24, 2.45) is 0 Å². The molecule has 14 heteroatoms. The number of halogens is 4. The Labute approximate surface area is 359 Å². The van der Waals surface area contributed by atoms with Crippen molar-refractivity contribution in [1.29, 1.82) is 0 Å². The number of carbonyl (C=O) groups excluding carboxylic acids is 4. The maximum Gasteiger partial charge on any atom is 0.328 e. The molecule has 4 aromatic carbocycles. The molecule has 2 aliphatic rings. The Morgan fingerprint density at radius 1 is 0.569 bits per heavy atom. The Kier molecular flexibility index (Phi) is 16.4. The van der Waals surface area contributed by atoms with Gasteiger partial charge in [-0.05, 0) is 97.5 Å². The Hall–Kier alpha value is -4.16. The van der Waals surface area contributed by atoms with Crippen LogP contribution < -0.4 is 0 Å². The molecule has 10 nitrogen and oxygen atoms in total. The van der Waals surface area contributed by atoms with Crippen molar-refractivity contribution in [2.75, 3.05) is 26.4 Å². The third-order valence-corrected chi connectivity index (χ3v) is 10.8. The standard InChI is InChI=1S/2C22H23Cl2NO4/c2*1-3-18(22(27)28-4-2)25-19(26)13-29-21(15-6-5-7-17(24)12-15)20(25)14-8-10-16(23)11-9-14/h2*5-12,18,20-21H,3-4,13H2,1-2H3/t18-,20+,21+;18-,20-,21-/m01/s1. The van der Waals surface area contributed by atoms with Gasteiger partial charge in [0.2, 0.25) is 11.8 Å². The summed E-state index contributed by atoms with van der Waals surface area (Å²) in [4.78, 5) is 54.4. The van der Waals surface area contributed by atoms with Gasteiger partial charge in [-0.2, -0.15) is 0 Å². The zero-order chi connectivity index (χ0) is 41.9. The molecule has 2 amide bonds. The van der Waals surface area contributed by atoms with E-state index in [1.54, 1.807) is 60.0 Å². The molecule has 0 N–H and O–H groups in total. The van der Waals surface area contributed by atoms with Crippen molar-refractivity contribution in [2.45, 2.75) is 76.9 Å². The lowest BCUT2D eigenvalue weighted by molar-refractivity contribution is -0.173. The van der Waals surface area contributed by atoms with Gasteiger partial charge in [-0.25, -0.2) is 9.59 Å². The van der Waals surface area contributed by atoms with Gasteiger partial charge in [0, 0.05) is 20.1 Å². The lowest BCUT2D eigenvalue weighted by Gasteiger charge is -2.44. The smallest absolute Gasteiger partial charge is 0.328 e. The van der Waals surface area contributed by atoms with Crippen LogP contribution in [0.2, 0.25) is 20.1 Å². The molecule has 0 radical (unpaired) electrons. The number of hydrogen-bond donors (Lipinski definition) is 0. The topological polar surface area (TPSA) is 112 Å². The maximum absolute atomic E-state index is 12.9. The van der Waals surface area contributed by atoms with Gasteiger partial charge in [-0.15, -0.1) is 0 Å². The highest BCUT2D eigenvalue weighted by Crippen LogP contribution is 2.44. The molecule has 308 valence electrons. The molecule has 4 aromatic rings. The Bertz CT molecular complexity index is 1890. The second-order valence-corrected chi connectivity index (χ2v) is 15.3. The van der Waals surface area contributed by atoms with Crippen molar-refractivity contribution in [3.05, 3.63) is 139 Å². The quantitative estimate of drug-likeness (QED) is 0.129. The molecule has 0 spiro atoms. The van der Waals surface area contributed by atoms with Gasteiger partial charge in [0.25, 0.3) is 0 Å². The van der Waals surface area contributed by atoms with E-state index < -0.39 is 48.3 Å². The number of nitrogens with zero attached hydrogens (tertiary/aromatic N) is 2. The summed E-state index contributed by atoms with van der Waals surface area (Å²) in [5, 5.41) is 2.31. The minimum absolute atomic E-state index is 0.128. The maximum atomic E-state index is 12.9. The number of morpholine rings is 2. The number of rotatable bonds is 12. The van der Waals surface area contributed by atoms with E-state index in [0.29, 0.717) is 32.9 Å². The number of amides is 2. The Balaban J connectivity index is 0.000000221. The van der Waals surface area contributed by atoms with Gasteiger partial charge in [0.15, 0.2) is 0 Å². The third kappa shape index (κ3) is 10.7. The predicted octanol–water partition coefficient (Wildman–Crippen LogP) is 9.95. The molecule has 2 saturated heterocycles. The minimum Gasteiger partial charge on any atom is -0.464 e. The lowest BCUT2D eigenvalue weighted by atomic mass is 9.91. The molecule has 0 saturated carbocycles. The predicted molar refractivity (Wildman–Crippen MR) is 224 cm³/mol. The average Bonchev–Trinajstić information content (AvgIpc) is 3.20. The van der Waals surface area contributed by atoms with Crippen LogP contribution in [-0.4, -0.2) is 72.1 Å². The summed E-state index contributed by atoms with van der Waals surface area (Å²) in [5.41, 5.74) is 3.28. The first-order chi connectivity index (χ1) is 27.9. The SMILES string of the molecule is CCOC(=O)[C@@H](CC)N1C(=O)CO[C@H](c2cccc(Cl)c2)[C@H]1c1ccc(Cl)cc1.CCOC(=O)[C@H](CC)N1C(=O)CO[C@H](c2cccc(Cl)c2)[C@H]1c1ccc(Cl)cc1. The Morgan fingerprint density at radius 3 is 1.24 bits per heavy atom. The second-order valence-electron chi connectivity index (χ2n) is 13.5. The van der Waals surface area contributed by atoms with Crippen LogP contribution in [0.15, 0.2) is 97.1 Å². The van der Waals surface area contributed by atoms with E-state index in [4.69, 9.17) is 65.4 Å². The molecule has 0 aromatic heterocycles. The highest BCUT2D eigenvalue weighted by atomic mass is 35.5. The van der Waals surface area contributed by atoms with Crippen molar-refractivity contribution >= 4 is 70.2 Å². The fourth-order valence-corrected chi connectivity index (χ4v) is 7.99. The molecule has 0 bridgehead atoms. The van der Waals surface area contributed by atoms with E-state index in [0.717, 1.165) is 22.3 Å². The molecule has 2 aliphatic heterocycles. The van der Waals surface area contributed by atoms with E-state index in [1.165, 1.54) is 0 Å². The molecule has 6 rings (SSSR count). The van der Waals surface area contributed by atoms with Crippen LogP contribution in [0, 0.1) is 0 Å². The van der Waals surface area contributed by atoms with E-state index in [2.05, 4.69) is 0 Å². The summed E-state index contributed by atoms with van der Waals surface area (Å²) >= 11 is 24.5. The summed E-state index contributed by atoms with van der Waals surface area (Å²) in [6.07, 6.45) is -0.125. The molecular weight excluding hydrogens is 826 g/mol. The fraction of sp³-hybridized carbons (Fsp3) is 0.364. The van der Waals surface area contributed by atoms with Crippen LogP contribution in [0.25, 0.3) is 0 Å².